The van der Waals surface area contributed by atoms with Crippen LogP contribution in [0.2, 0.25) is 0 Å². The van der Waals surface area contributed by atoms with Gasteiger partial charge in [0, 0.05) is 6.42 Å². The highest BCUT2D eigenvalue weighted by Gasteiger charge is 2.14. The van der Waals surface area contributed by atoms with E-state index in [0.29, 0.717) is 12.3 Å². The molecular weight excluding hydrogens is 252 g/mol. The van der Waals surface area contributed by atoms with E-state index in [1.807, 2.05) is 25.1 Å². The molecule has 1 saturated carbocycles. The van der Waals surface area contributed by atoms with Gasteiger partial charge in [-0.3, -0.25) is 4.79 Å². The SMILES string of the molecule is Cc1cc(OCC2CCCCC2)ccc1CCC(=O)O. The van der Waals surface area contributed by atoms with Crippen LogP contribution in [-0.2, 0) is 11.2 Å². The molecule has 0 heterocycles. The van der Waals surface area contributed by atoms with Crippen molar-refractivity contribution in [3.8, 4) is 5.75 Å². The second-order valence-electron chi connectivity index (χ2n) is 5.80. The fourth-order valence-corrected chi connectivity index (χ4v) is 2.85. The first kappa shape index (κ1) is 14.9. The smallest absolute Gasteiger partial charge is 0.303 e. The molecule has 0 atom stereocenters. The molecule has 0 saturated heterocycles. The Morgan fingerprint density at radius 1 is 1.30 bits per heavy atom. The third kappa shape index (κ3) is 4.55. The van der Waals surface area contributed by atoms with E-state index < -0.39 is 5.97 Å². The molecule has 1 aliphatic carbocycles. The zero-order chi connectivity index (χ0) is 14.4. The number of rotatable bonds is 6. The van der Waals surface area contributed by atoms with E-state index in [4.69, 9.17) is 9.84 Å². The van der Waals surface area contributed by atoms with Crippen LogP contribution in [0.4, 0.5) is 0 Å². The standard InChI is InChI=1S/C17H24O3/c1-13-11-16(9-7-15(13)8-10-17(18)19)20-12-14-5-3-2-4-6-14/h7,9,11,14H,2-6,8,10,12H2,1H3,(H,18,19). The number of benzene rings is 1. The number of hydrogen-bond acceptors (Lipinski definition) is 2. The number of carboxylic acids is 1. The van der Waals surface area contributed by atoms with Gasteiger partial charge in [0.1, 0.15) is 5.75 Å². The molecule has 1 N–H and O–H groups in total. The van der Waals surface area contributed by atoms with E-state index in [1.54, 1.807) is 0 Å². The largest absolute Gasteiger partial charge is 0.493 e. The zero-order valence-electron chi connectivity index (χ0n) is 12.2. The molecule has 1 aliphatic rings. The van der Waals surface area contributed by atoms with Crippen molar-refractivity contribution in [2.75, 3.05) is 6.61 Å². The van der Waals surface area contributed by atoms with E-state index in [-0.39, 0.29) is 6.42 Å². The Bertz CT molecular complexity index is 448. The number of ether oxygens (including phenoxy) is 1. The van der Waals surface area contributed by atoms with Gasteiger partial charge in [-0.2, -0.15) is 0 Å². The minimum atomic E-state index is -0.748. The maximum absolute atomic E-state index is 10.6. The summed E-state index contributed by atoms with van der Waals surface area (Å²) in [4.78, 5) is 10.6. The molecule has 0 aromatic heterocycles. The molecule has 110 valence electrons. The lowest BCUT2D eigenvalue weighted by atomic mass is 9.90. The van der Waals surface area contributed by atoms with Gasteiger partial charge in [-0.05, 0) is 55.4 Å². The van der Waals surface area contributed by atoms with Crippen LogP contribution < -0.4 is 4.74 Å². The molecule has 1 aromatic carbocycles. The van der Waals surface area contributed by atoms with Gasteiger partial charge in [-0.15, -0.1) is 0 Å². The summed E-state index contributed by atoms with van der Waals surface area (Å²) in [6.45, 7) is 2.83. The molecule has 1 fully saturated rings. The monoisotopic (exact) mass is 276 g/mol. The highest BCUT2D eigenvalue weighted by atomic mass is 16.5. The summed E-state index contributed by atoms with van der Waals surface area (Å²) < 4.78 is 5.89. The van der Waals surface area contributed by atoms with Gasteiger partial charge >= 0.3 is 5.97 Å². The Balaban J connectivity index is 1.86. The second-order valence-corrected chi connectivity index (χ2v) is 5.80. The maximum Gasteiger partial charge on any atom is 0.303 e. The van der Waals surface area contributed by atoms with Crippen LogP contribution in [-0.4, -0.2) is 17.7 Å². The van der Waals surface area contributed by atoms with Crippen LogP contribution in [0.15, 0.2) is 18.2 Å². The van der Waals surface area contributed by atoms with Crippen LogP contribution >= 0.6 is 0 Å². The summed E-state index contributed by atoms with van der Waals surface area (Å²) in [5, 5.41) is 8.72. The summed E-state index contributed by atoms with van der Waals surface area (Å²) >= 11 is 0. The Hall–Kier alpha value is -1.51. The van der Waals surface area contributed by atoms with E-state index in [9.17, 15) is 4.79 Å². The first-order valence-corrected chi connectivity index (χ1v) is 7.59. The fourth-order valence-electron chi connectivity index (χ4n) is 2.85. The fraction of sp³-hybridized carbons (Fsp3) is 0.588. The van der Waals surface area contributed by atoms with E-state index in [1.165, 1.54) is 32.1 Å². The van der Waals surface area contributed by atoms with E-state index in [2.05, 4.69) is 0 Å². The Labute approximate surface area is 121 Å². The van der Waals surface area contributed by atoms with E-state index in [0.717, 1.165) is 23.5 Å². The van der Waals surface area contributed by atoms with Crippen LogP contribution in [0.25, 0.3) is 0 Å². The molecule has 0 radical (unpaired) electrons. The lowest BCUT2D eigenvalue weighted by molar-refractivity contribution is -0.136. The molecule has 1 aromatic rings. The van der Waals surface area contributed by atoms with Gasteiger partial charge in [-0.25, -0.2) is 0 Å². The summed E-state index contributed by atoms with van der Waals surface area (Å²) in [5.74, 6) is 0.866. The summed E-state index contributed by atoms with van der Waals surface area (Å²) in [7, 11) is 0. The topological polar surface area (TPSA) is 46.5 Å². The Morgan fingerprint density at radius 3 is 2.70 bits per heavy atom. The molecule has 3 nitrogen and oxygen atoms in total. The molecular formula is C17H24O3. The molecule has 3 heteroatoms. The molecule has 0 unspecified atom stereocenters. The first-order chi connectivity index (χ1) is 9.65. The van der Waals surface area contributed by atoms with Gasteiger partial charge in [0.25, 0.3) is 0 Å². The van der Waals surface area contributed by atoms with E-state index >= 15 is 0 Å². The van der Waals surface area contributed by atoms with Crippen molar-refractivity contribution in [1.82, 2.24) is 0 Å². The van der Waals surface area contributed by atoms with Crippen molar-refractivity contribution in [1.29, 1.82) is 0 Å². The third-order valence-corrected chi connectivity index (χ3v) is 4.13. The summed E-state index contributed by atoms with van der Waals surface area (Å²) in [6, 6.07) is 5.99. The molecule has 0 amide bonds. The zero-order valence-corrected chi connectivity index (χ0v) is 12.2. The molecule has 0 spiro atoms. The predicted molar refractivity (Wildman–Crippen MR) is 79.2 cm³/mol. The number of hydrogen-bond donors (Lipinski definition) is 1. The highest BCUT2D eigenvalue weighted by molar-refractivity contribution is 5.67. The van der Waals surface area contributed by atoms with Crippen molar-refractivity contribution in [2.45, 2.75) is 51.9 Å². The van der Waals surface area contributed by atoms with Crippen LogP contribution in [0, 0.1) is 12.8 Å². The number of aryl methyl sites for hydroxylation is 2. The van der Waals surface area contributed by atoms with Gasteiger partial charge in [0.15, 0.2) is 0 Å². The lowest BCUT2D eigenvalue weighted by Gasteiger charge is -2.21. The van der Waals surface area contributed by atoms with Gasteiger partial charge in [0.2, 0.25) is 0 Å². The molecule has 20 heavy (non-hydrogen) atoms. The quantitative estimate of drug-likeness (QED) is 0.855. The molecule has 2 rings (SSSR count). The Morgan fingerprint density at radius 2 is 2.05 bits per heavy atom. The van der Waals surface area contributed by atoms with Crippen molar-refractivity contribution in [3.05, 3.63) is 29.3 Å². The maximum atomic E-state index is 10.6. The average Bonchev–Trinajstić information content (AvgIpc) is 2.45. The molecule has 0 bridgehead atoms. The van der Waals surface area contributed by atoms with Crippen LogP contribution in [0.1, 0.15) is 49.7 Å². The second kappa shape index (κ2) is 7.32. The number of aliphatic carboxylic acids is 1. The van der Waals surface area contributed by atoms with Crippen LogP contribution in [0.5, 0.6) is 5.75 Å². The third-order valence-electron chi connectivity index (χ3n) is 4.13. The van der Waals surface area contributed by atoms with Crippen molar-refractivity contribution in [2.24, 2.45) is 5.92 Å². The highest BCUT2D eigenvalue weighted by Crippen LogP contribution is 2.25. The number of carboxylic acid groups (broad SMARTS) is 1. The summed E-state index contributed by atoms with van der Waals surface area (Å²) in [5.41, 5.74) is 2.21. The first-order valence-electron chi connectivity index (χ1n) is 7.59. The normalized spacial score (nSPS) is 16.1. The van der Waals surface area contributed by atoms with Crippen LogP contribution in [0.3, 0.4) is 0 Å². The minimum absolute atomic E-state index is 0.184. The lowest BCUT2D eigenvalue weighted by Crippen LogP contribution is -2.15. The number of carbonyl (C=O) groups is 1. The minimum Gasteiger partial charge on any atom is -0.493 e. The summed E-state index contributed by atoms with van der Waals surface area (Å²) in [6.07, 6.45) is 7.38. The Kier molecular flexibility index (Phi) is 5.45. The van der Waals surface area contributed by atoms with Crippen molar-refractivity contribution in [3.63, 3.8) is 0 Å². The molecule has 0 aliphatic heterocycles. The average molecular weight is 276 g/mol. The van der Waals surface area contributed by atoms with Gasteiger partial charge in [0.05, 0.1) is 6.61 Å². The predicted octanol–water partition coefficient (Wildman–Crippen LogP) is 3.97. The van der Waals surface area contributed by atoms with Crippen molar-refractivity contribution < 1.29 is 14.6 Å². The van der Waals surface area contributed by atoms with Crippen molar-refractivity contribution >= 4 is 5.97 Å². The van der Waals surface area contributed by atoms with Gasteiger partial charge in [-0.1, -0.05) is 25.3 Å². The van der Waals surface area contributed by atoms with Gasteiger partial charge < -0.3 is 9.84 Å².